The third-order valence-corrected chi connectivity index (χ3v) is 5.38. The van der Waals surface area contributed by atoms with Crippen LogP contribution >= 0.6 is 0 Å². The number of carbonyl (C=O) groups excluding carboxylic acids is 1. The number of hydrogen-bond donors (Lipinski definition) is 1. The Kier molecular flexibility index (Phi) is 1.96. The minimum atomic E-state index is -1.02. The number of amides is 1. The number of nitrogens with zero attached hydrogens (tertiary/aromatic N) is 1. The minimum absolute atomic E-state index is 0.0660. The first-order chi connectivity index (χ1) is 4.30. The van der Waals surface area contributed by atoms with Gasteiger partial charge in [-0.3, -0.25) is 4.79 Å². The van der Waals surface area contributed by atoms with Gasteiger partial charge in [0.05, 0.1) is 0 Å². The van der Waals surface area contributed by atoms with Crippen LogP contribution in [0.4, 0.5) is 4.79 Å². The summed E-state index contributed by atoms with van der Waals surface area (Å²) in [6.45, 7) is 0. The van der Waals surface area contributed by atoms with Gasteiger partial charge in [0.15, 0.2) is 0 Å². The molecule has 0 bridgehead atoms. The number of nitrogens with two attached hydrogens (primary N) is 1. The summed E-state index contributed by atoms with van der Waals surface area (Å²) in [5, 5.41) is 0. The number of hydrogen-bond acceptors (Lipinski definition) is 2. The fourth-order valence-electron chi connectivity index (χ4n) is 0.509. The van der Waals surface area contributed by atoms with Crippen molar-refractivity contribution in [3.05, 3.63) is 17.9 Å². The van der Waals surface area contributed by atoms with Crippen LogP contribution in [0.15, 0.2) is 17.9 Å². The van der Waals surface area contributed by atoms with E-state index in [2.05, 4.69) is 4.64 Å². The first-order valence-electron chi connectivity index (χ1n) is 2.50. The van der Waals surface area contributed by atoms with E-state index in [1.54, 1.807) is 12.3 Å². The standard InChI is InChI=1S/C4H6N2OSi2/c5-4(7)9-3-1-2-6-8-9/h1-3,8H,(H2,5,7). The Morgan fingerprint density at radius 1 is 1.78 bits per heavy atom. The van der Waals surface area contributed by atoms with Crippen molar-refractivity contribution in [3.8, 4) is 0 Å². The highest BCUT2D eigenvalue weighted by atomic mass is 29.0. The van der Waals surface area contributed by atoms with E-state index in [0.717, 1.165) is 0 Å². The Hall–Kier alpha value is -0.686. The summed E-state index contributed by atoms with van der Waals surface area (Å²) in [6, 6.07) is 1.80. The molecule has 1 amide bonds. The van der Waals surface area contributed by atoms with Crippen LogP contribution in [0.25, 0.3) is 0 Å². The molecule has 0 aliphatic rings. The number of carbonyl (C=O) groups is 1. The van der Waals surface area contributed by atoms with E-state index in [-0.39, 0.29) is 14.3 Å². The van der Waals surface area contributed by atoms with Gasteiger partial charge in [-0.1, -0.05) is 5.68 Å². The normalized spacial score (nSPS) is 8.89. The number of primary amides is 1. The van der Waals surface area contributed by atoms with E-state index in [1.165, 1.54) is 0 Å². The zero-order chi connectivity index (χ0) is 6.69. The van der Waals surface area contributed by atoms with Crippen LogP contribution < -0.4 is 5.73 Å². The fourth-order valence-corrected chi connectivity index (χ4v) is 3.24. The molecule has 1 rings (SSSR count). The number of rotatable bonds is 1. The largest absolute Gasteiger partial charge is 0.371 e. The van der Waals surface area contributed by atoms with Crippen LogP contribution in [-0.2, 0) is 0 Å². The topological polar surface area (TPSA) is 56.0 Å². The molecule has 1 aromatic heterocycles. The van der Waals surface area contributed by atoms with Crippen molar-refractivity contribution >= 4 is 22.2 Å². The molecule has 0 atom stereocenters. The van der Waals surface area contributed by atoms with Gasteiger partial charge in [0.2, 0.25) is 5.53 Å². The second-order valence-corrected chi connectivity index (χ2v) is 6.54. The van der Waals surface area contributed by atoms with Gasteiger partial charge in [0, 0.05) is 6.20 Å². The third kappa shape index (κ3) is 1.61. The van der Waals surface area contributed by atoms with Crippen molar-refractivity contribution in [1.29, 1.82) is 0 Å². The van der Waals surface area contributed by atoms with Crippen LogP contribution in [0, 0.1) is 0 Å². The first kappa shape index (κ1) is 6.43. The highest BCUT2D eigenvalue weighted by molar-refractivity contribution is 7.07. The highest BCUT2D eigenvalue weighted by Gasteiger charge is 1.97. The van der Waals surface area contributed by atoms with Crippen molar-refractivity contribution < 1.29 is 4.79 Å². The molecule has 9 heavy (non-hydrogen) atoms. The minimum Gasteiger partial charge on any atom is -0.371 e. The Morgan fingerprint density at radius 2 is 2.56 bits per heavy atom. The highest BCUT2D eigenvalue weighted by Crippen LogP contribution is 1.73. The van der Waals surface area contributed by atoms with Gasteiger partial charge in [-0.15, -0.1) is 0 Å². The van der Waals surface area contributed by atoms with Crippen molar-refractivity contribution in [2.45, 2.75) is 0 Å². The molecule has 0 unspecified atom stereocenters. The molecule has 1 heterocycles. The van der Waals surface area contributed by atoms with Crippen molar-refractivity contribution in [2.24, 2.45) is 5.73 Å². The van der Waals surface area contributed by atoms with Gasteiger partial charge in [-0.05, 0) is 6.07 Å². The Bertz CT molecular complexity index is 213. The smallest absolute Gasteiger partial charge is 0.211 e. The molecule has 1 aromatic rings. The molecule has 0 fully saturated rings. The van der Waals surface area contributed by atoms with E-state index < -0.39 is 7.90 Å². The van der Waals surface area contributed by atoms with Gasteiger partial charge >= 0.3 is 0 Å². The molecule has 0 radical (unpaired) electrons. The summed E-state index contributed by atoms with van der Waals surface area (Å²) in [4.78, 5) is 10.5. The Morgan fingerprint density at radius 3 is 2.89 bits per heavy atom. The van der Waals surface area contributed by atoms with Gasteiger partial charge in [0.1, 0.15) is 16.7 Å². The molecule has 0 aliphatic carbocycles. The average Bonchev–Trinajstić information content (AvgIpc) is 1.90. The van der Waals surface area contributed by atoms with Crippen molar-refractivity contribution in [2.75, 3.05) is 0 Å². The predicted octanol–water partition coefficient (Wildman–Crippen LogP) is -0.896. The zero-order valence-corrected chi connectivity index (χ0v) is 6.90. The quantitative estimate of drug-likeness (QED) is 0.533. The van der Waals surface area contributed by atoms with Gasteiger partial charge < -0.3 is 10.4 Å². The summed E-state index contributed by atoms with van der Waals surface area (Å²) >= 11 is 0. The summed E-state index contributed by atoms with van der Waals surface area (Å²) in [7, 11) is -1.09. The molecule has 3 nitrogen and oxygen atoms in total. The molecule has 5 heteroatoms. The van der Waals surface area contributed by atoms with Crippen LogP contribution in [0.1, 0.15) is 0 Å². The molecular formula is C4H6N2OSi2. The second kappa shape index (κ2) is 2.74. The van der Waals surface area contributed by atoms with Crippen LogP contribution in [0.5, 0.6) is 0 Å². The third-order valence-electron chi connectivity index (χ3n) is 0.946. The number of aromatic nitrogens is 1. The van der Waals surface area contributed by atoms with Crippen molar-refractivity contribution in [3.63, 3.8) is 0 Å². The Balaban J connectivity index is 2.98. The molecule has 0 saturated carbocycles. The zero-order valence-electron chi connectivity index (χ0n) is 4.74. The van der Waals surface area contributed by atoms with Gasteiger partial charge in [0.25, 0.3) is 0 Å². The lowest BCUT2D eigenvalue weighted by Crippen LogP contribution is -2.24. The van der Waals surface area contributed by atoms with Gasteiger partial charge in [-0.25, -0.2) is 0 Å². The first-order valence-corrected chi connectivity index (χ1v) is 6.41. The molecule has 0 aromatic carbocycles. The summed E-state index contributed by atoms with van der Waals surface area (Å²) < 4.78 is 4.00. The van der Waals surface area contributed by atoms with E-state index in [9.17, 15) is 4.79 Å². The lowest BCUT2D eigenvalue weighted by molar-refractivity contribution is 0.266. The summed E-state index contributed by atoms with van der Waals surface area (Å²) in [5.74, 6) is 0. The second-order valence-electron chi connectivity index (χ2n) is 1.61. The molecule has 2 N–H and O–H groups in total. The SMILES string of the molecule is NC(=O)[si]1cccn[siH]1. The average molecular weight is 154 g/mol. The molecule has 46 valence electrons. The maximum atomic E-state index is 10.5. The molecular weight excluding hydrogens is 148 g/mol. The van der Waals surface area contributed by atoms with E-state index in [0.29, 0.717) is 0 Å². The summed E-state index contributed by atoms with van der Waals surface area (Å²) in [5.41, 5.74) is 6.80. The maximum Gasteiger partial charge on any atom is 0.211 e. The van der Waals surface area contributed by atoms with E-state index in [4.69, 9.17) is 5.73 Å². The van der Waals surface area contributed by atoms with Crippen molar-refractivity contribution in [1.82, 2.24) is 4.64 Å². The van der Waals surface area contributed by atoms with E-state index in [1.807, 2.05) is 5.68 Å². The van der Waals surface area contributed by atoms with E-state index >= 15 is 0 Å². The van der Waals surface area contributed by atoms with Crippen LogP contribution in [0.2, 0.25) is 0 Å². The molecule has 0 aliphatic heterocycles. The lowest BCUT2D eigenvalue weighted by Gasteiger charge is -1.87. The molecule has 0 spiro atoms. The van der Waals surface area contributed by atoms with Gasteiger partial charge in [-0.2, -0.15) is 0 Å². The lowest BCUT2D eigenvalue weighted by atomic mass is 10.8. The van der Waals surface area contributed by atoms with Crippen LogP contribution in [0.3, 0.4) is 0 Å². The van der Waals surface area contributed by atoms with Crippen LogP contribution in [-0.4, -0.2) is 26.9 Å². The Labute approximate surface area is 56.1 Å². The monoisotopic (exact) mass is 154 g/mol. The predicted molar refractivity (Wildman–Crippen MR) is 37.9 cm³/mol. The fraction of sp³-hybridized carbons (Fsp3) is 0. The summed E-state index contributed by atoms with van der Waals surface area (Å²) in [6.07, 6.45) is 1.73. The molecule has 0 saturated heterocycles. The maximum absolute atomic E-state index is 10.5.